The molecule has 0 bridgehead atoms. The highest BCUT2D eigenvalue weighted by atomic mass is 32.2. The van der Waals surface area contributed by atoms with Crippen molar-refractivity contribution in [3.8, 4) is 5.75 Å². The molecule has 1 fully saturated rings. The van der Waals surface area contributed by atoms with Gasteiger partial charge in [-0.15, -0.1) is 0 Å². The van der Waals surface area contributed by atoms with Gasteiger partial charge in [-0.05, 0) is 56.9 Å². The van der Waals surface area contributed by atoms with E-state index in [1.165, 1.54) is 0 Å². The second kappa shape index (κ2) is 13.0. The number of nitrogens with zero attached hydrogens (tertiary/aromatic N) is 2. The van der Waals surface area contributed by atoms with Crippen molar-refractivity contribution in [2.45, 2.75) is 70.7 Å². The van der Waals surface area contributed by atoms with Crippen LogP contribution in [0, 0.1) is 5.92 Å². The Morgan fingerprint density at radius 3 is 2.44 bits per heavy atom. The molecule has 0 aliphatic carbocycles. The van der Waals surface area contributed by atoms with Gasteiger partial charge in [-0.25, -0.2) is 0 Å². The van der Waals surface area contributed by atoms with Crippen LogP contribution in [0.4, 0.5) is 18.9 Å². The maximum absolute atomic E-state index is 13.3. The Hall–Kier alpha value is -2.79. The maximum Gasteiger partial charge on any atom is 0.416 e. The van der Waals surface area contributed by atoms with Crippen LogP contribution in [0.5, 0.6) is 5.75 Å². The fourth-order valence-corrected chi connectivity index (χ4v) is 5.51. The van der Waals surface area contributed by atoms with Crippen LogP contribution in [0.3, 0.4) is 0 Å². The lowest BCUT2D eigenvalue weighted by atomic mass is 10.1. The highest BCUT2D eigenvalue weighted by Crippen LogP contribution is 2.33. The van der Waals surface area contributed by atoms with E-state index in [4.69, 9.17) is 8.92 Å². The monoisotopic (exact) mass is 570 g/mol. The first-order valence-corrected chi connectivity index (χ1v) is 14.6. The number of ether oxygens (including phenoxy) is 1. The van der Waals surface area contributed by atoms with Crippen molar-refractivity contribution in [1.82, 2.24) is 4.90 Å². The normalized spacial score (nSPS) is 15.9. The standard InChI is InChI=1S/C28H37F3N2O5S/c1-5-32(6-2)23-13-12-21(18-33(27(34)15-20(3)4)19-24-10-8-14-37-24)26(17-23)38-39(35,36)25-11-7-9-22(16-25)28(29,30)31/h7,9,11-13,16-17,20,24H,5-6,8,10,14-15,18-19H2,1-4H3. The number of halogens is 3. The van der Waals surface area contributed by atoms with Crippen LogP contribution in [0.1, 0.15) is 58.1 Å². The number of amides is 1. The first kappa shape index (κ1) is 30.7. The molecule has 0 N–H and O–H groups in total. The Kier molecular flexibility index (Phi) is 10.3. The van der Waals surface area contributed by atoms with Crippen molar-refractivity contribution in [3.63, 3.8) is 0 Å². The summed E-state index contributed by atoms with van der Waals surface area (Å²) in [5.74, 6) is -0.0157. The molecule has 1 heterocycles. The minimum atomic E-state index is -4.71. The molecule has 1 atom stereocenters. The van der Waals surface area contributed by atoms with Gasteiger partial charge in [-0.2, -0.15) is 21.6 Å². The molecule has 1 saturated heterocycles. The van der Waals surface area contributed by atoms with Gasteiger partial charge in [0.1, 0.15) is 10.6 Å². The Labute approximate surface area is 229 Å². The fourth-order valence-electron chi connectivity index (χ4n) is 4.50. The van der Waals surface area contributed by atoms with Crippen LogP contribution in [0.2, 0.25) is 0 Å². The van der Waals surface area contributed by atoms with Gasteiger partial charge in [-0.1, -0.05) is 26.0 Å². The molecule has 1 unspecified atom stereocenters. The van der Waals surface area contributed by atoms with E-state index < -0.39 is 26.8 Å². The van der Waals surface area contributed by atoms with Crippen molar-refractivity contribution in [1.29, 1.82) is 0 Å². The van der Waals surface area contributed by atoms with E-state index in [0.29, 0.717) is 50.0 Å². The molecule has 39 heavy (non-hydrogen) atoms. The van der Waals surface area contributed by atoms with Gasteiger partial charge in [0, 0.05) is 56.5 Å². The van der Waals surface area contributed by atoms with Crippen LogP contribution >= 0.6 is 0 Å². The molecule has 1 aliphatic heterocycles. The molecule has 1 amide bonds. The third kappa shape index (κ3) is 8.35. The third-order valence-corrected chi connectivity index (χ3v) is 7.80. The second-order valence-electron chi connectivity index (χ2n) is 10.0. The lowest BCUT2D eigenvalue weighted by molar-refractivity contribution is -0.137. The number of anilines is 1. The average molecular weight is 571 g/mol. The first-order chi connectivity index (χ1) is 18.3. The molecule has 0 saturated carbocycles. The van der Waals surface area contributed by atoms with Gasteiger partial charge in [0.25, 0.3) is 0 Å². The van der Waals surface area contributed by atoms with Gasteiger partial charge in [-0.3, -0.25) is 4.79 Å². The van der Waals surface area contributed by atoms with Gasteiger partial charge < -0.3 is 18.7 Å². The molecule has 11 heteroatoms. The number of hydrogen-bond acceptors (Lipinski definition) is 6. The van der Waals surface area contributed by atoms with E-state index in [2.05, 4.69) is 0 Å². The minimum absolute atomic E-state index is 0.0356. The largest absolute Gasteiger partial charge is 0.416 e. The summed E-state index contributed by atoms with van der Waals surface area (Å²) in [6.45, 7) is 10.1. The van der Waals surface area contributed by atoms with E-state index in [1.54, 1.807) is 17.0 Å². The summed E-state index contributed by atoms with van der Waals surface area (Å²) in [6.07, 6.45) is -2.80. The van der Waals surface area contributed by atoms with Crippen molar-refractivity contribution in [2.24, 2.45) is 5.92 Å². The van der Waals surface area contributed by atoms with E-state index >= 15 is 0 Å². The van der Waals surface area contributed by atoms with Gasteiger partial charge in [0.15, 0.2) is 0 Å². The summed E-state index contributed by atoms with van der Waals surface area (Å²) in [4.78, 5) is 16.2. The minimum Gasteiger partial charge on any atom is -0.379 e. The molecule has 3 rings (SSSR count). The molecule has 0 aromatic heterocycles. The van der Waals surface area contributed by atoms with E-state index in [0.717, 1.165) is 31.0 Å². The number of alkyl halides is 3. The number of benzene rings is 2. The summed E-state index contributed by atoms with van der Waals surface area (Å²) in [7, 11) is -4.62. The zero-order valence-corrected chi connectivity index (χ0v) is 23.6. The Balaban J connectivity index is 2.01. The lowest BCUT2D eigenvalue weighted by Crippen LogP contribution is -2.37. The molecule has 2 aromatic carbocycles. The smallest absolute Gasteiger partial charge is 0.379 e. The summed E-state index contributed by atoms with van der Waals surface area (Å²) < 4.78 is 77.4. The third-order valence-electron chi connectivity index (χ3n) is 6.57. The average Bonchev–Trinajstić information content (AvgIpc) is 3.38. The van der Waals surface area contributed by atoms with Gasteiger partial charge in [0.2, 0.25) is 5.91 Å². The Bertz CT molecular complexity index is 1220. The lowest BCUT2D eigenvalue weighted by Gasteiger charge is -2.28. The Morgan fingerprint density at radius 2 is 1.85 bits per heavy atom. The molecular formula is C28H37F3N2O5S. The number of hydrogen-bond donors (Lipinski definition) is 0. The van der Waals surface area contributed by atoms with Crippen LogP contribution in [0.25, 0.3) is 0 Å². The molecule has 7 nitrogen and oxygen atoms in total. The zero-order valence-electron chi connectivity index (χ0n) is 22.8. The van der Waals surface area contributed by atoms with Gasteiger partial charge >= 0.3 is 16.3 Å². The van der Waals surface area contributed by atoms with E-state index in [1.807, 2.05) is 38.7 Å². The van der Waals surface area contributed by atoms with Crippen molar-refractivity contribution in [3.05, 3.63) is 53.6 Å². The predicted molar refractivity (Wildman–Crippen MR) is 143 cm³/mol. The van der Waals surface area contributed by atoms with E-state index in [9.17, 15) is 26.4 Å². The quantitative estimate of drug-likeness (QED) is 0.297. The SMILES string of the molecule is CCN(CC)c1ccc(CN(CC2CCCO2)C(=O)CC(C)C)c(OS(=O)(=O)c2cccc(C(F)(F)F)c2)c1. The van der Waals surface area contributed by atoms with Crippen molar-refractivity contribution < 1.29 is 35.3 Å². The number of rotatable bonds is 12. The van der Waals surface area contributed by atoms with Crippen LogP contribution < -0.4 is 9.08 Å². The van der Waals surface area contributed by atoms with Gasteiger partial charge in [0.05, 0.1) is 11.7 Å². The maximum atomic E-state index is 13.3. The predicted octanol–water partition coefficient (Wildman–Crippen LogP) is 5.87. The first-order valence-electron chi connectivity index (χ1n) is 13.2. The second-order valence-corrected chi connectivity index (χ2v) is 11.6. The fraction of sp³-hybridized carbons (Fsp3) is 0.536. The van der Waals surface area contributed by atoms with Crippen molar-refractivity contribution >= 4 is 21.7 Å². The zero-order chi connectivity index (χ0) is 28.8. The molecule has 0 spiro atoms. The number of carbonyl (C=O) groups is 1. The molecule has 1 aliphatic rings. The summed E-state index contributed by atoms with van der Waals surface area (Å²) in [5, 5.41) is 0. The van der Waals surface area contributed by atoms with Crippen LogP contribution in [-0.4, -0.2) is 51.6 Å². The summed E-state index contributed by atoms with van der Waals surface area (Å²) in [5.41, 5.74) is 0.0278. The van der Waals surface area contributed by atoms with Crippen LogP contribution in [0.15, 0.2) is 47.4 Å². The molecule has 2 aromatic rings. The van der Waals surface area contributed by atoms with E-state index in [-0.39, 0.29) is 30.2 Å². The Morgan fingerprint density at radius 1 is 1.13 bits per heavy atom. The topological polar surface area (TPSA) is 76.2 Å². The summed E-state index contributed by atoms with van der Waals surface area (Å²) in [6, 6.07) is 8.53. The summed E-state index contributed by atoms with van der Waals surface area (Å²) >= 11 is 0. The highest BCUT2D eigenvalue weighted by Gasteiger charge is 2.32. The van der Waals surface area contributed by atoms with Crippen LogP contribution in [-0.2, 0) is 32.4 Å². The molecule has 0 radical (unpaired) electrons. The van der Waals surface area contributed by atoms with Crippen molar-refractivity contribution in [2.75, 3.05) is 31.1 Å². The molecule has 216 valence electrons. The number of carbonyl (C=O) groups excluding carboxylic acids is 1. The highest BCUT2D eigenvalue weighted by molar-refractivity contribution is 7.87. The molecular weight excluding hydrogens is 533 g/mol.